The quantitative estimate of drug-likeness (QED) is 0.351. The van der Waals surface area contributed by atoms with Crippen LogP contribution in [0.15, 0.2) is 21.5 Å². The summed E-state index contributed by atoms with van der Waals surface area (Å²) in [6, 6.07) is 3.66. The summed E-state index contributed by atoms with van der Waals surface area (Å²) in [5.41, 5.74) is -1.11. The molecule has 1 fully saturated rings. The molecule has 0 saturated carbocycles. The Labute approximate surface area is 162 Å². The van der Waals surface area contributed by atoms with Crippen LogP contribution in [0.2, 0.25) is 0 Å². The molecule has 0 radical (unpaired) electrons. The van der Waals surface area contributed by atoms with Gasteiger partial charge in [0, 0.05) is 19.6 Å². The Morgan fingerprint density at radius 2 is 2.21 bits per heavy atom. The Kier molecular flexibility index (Phi) is 8.52. The Bertz CT molecular complexity index is 530. The maximum absolute atomic E-state index is 10.6. The largest absolute Gasteiger partial charge is 0.463 e. The zero-order valence-electron chi connectivity index (χ0n) is 15.1. The van der Waals surface area contributed by atoms with Crippen LogP contribution in [0.3, 0.4) is 0 Å². The molecule has 2 unspecified atom stereocenters. The fourth-order valence-electron chi connectivity index (χ4n) is 2.81. The minimum absolute atomic E-state index is 0. The van der Waals surface area contributed by atoms with E-state index in [1.165, 1.54) is 6.42 Å². The molecule has 0 aromatic carbocycles. The average Bonchev–Trinajstić information content (AvgIpc) is 3.11. The molecule has 2 rings (SSSR count). The minimum Gasteiger partial charge on any atom is -0.463 e. The number of furan rings is 1. The molecular weight excluding hydrogens is 419 g/mol. The maximum atomic E-state index is 10.6. The molecule has 0 spiro atoms. The molecule has 2 atom stereocenters. The van der Waals surface area contributed by atoms with E-state index in [4.69, 9.17) is 4.42 Å². The molecule has 7 heteroatoms. The zero-order valence-corrected chi connectivity index (χ0v) is 17.5. The number of aliphatic hydroxyl groups is 1. The highest BCUT2D eigenvalue weighted by Gasteiger charge is 2.27. The smallest absolute Gasteiger partial charge is 0.191 e. The van der Waals surface area contributed by atoms with Gasteiger partial charge in [-0.25, -0.2) is 4.99 Å². The Morgan fingerprint density at radius 1 is 1.46 bits per heavy atom. The molecule has 1 aromatic heterocycles. The van der Waals surface area contributed by atoms with Gasteiger partial charge in [-0.05, 0) is 58.8 Å². The number of rotatable bonds is 6. The van der Waals surface area contributed by atoms with Gasteiger partial charge in [-0.2, -0.15) is 0 Å². The van der Waals surface area contributed by atoms with E-state index in [0.29, 0.717) is 11.7 Å². The normalized spacial score (nSPS) is 21.2. The van der Waals surface area contributed by atoms with Crippen LogP contribution in [0.5, 0.6) is 0 Å². The van der Waals surface area contributed by atoms with Gasteiger partial charge in [-0.3, -0.25) is 0 Å². The molecule has 1 saturated heterocycles. The molecular formula is C17H31IN4O2. The highest BCUT2D eigenvalue weighted by atomic mass is 127. The summed E-state index contributed by atoms with van der Waals surface area (Å²) in [7, 11) is 2.15. The number of hydrogen-bond acceptors (Lipinski definition) is 4. The molecule has 0 amide bonds. The fraction of sp³-hybridized carbons (Fsp3) is 0.706. The predicted molar refractivity (Wildman–Crippen MR) is 108 cm³/mol. The van der Waals surface area contributed by atoms with E-state index >= 15 is 0 Å². The first-order chi connectivity index (χ1) is 10.9. The van der Waals surface area contributed by atoms with Crippen LogP contribution in [-0.4, -0.2) is 55.7 Å². The van der Waals surface area contributed by atoms with E-state index in [9.17, 15) is 5.11 Å². The van der Waals surface area contributed by atoms with Gasteiger partial charge in [-0.1, -0.05) is 0 Å². The predicted octanol–water partition coefficient (Wildman–Crippen LogP) is 1.92. The third kappa shape index (κ3) is 6.25. The van der Waals surface area contributed by atoms with Crippen LogP contribution >= 0.6 is 24.0 Å². The number of nitrogens with zero attached hydrogens (tertiary/aromatic N) is 2. The lowest BCUT2D eigenvalue weighted by Crippen LogP contribution is -2.41. The van der Waals surface area contributed by atoms with Crippen molar-refractivity contribution >= 4 is 29.9 Å². The number of guanidine groups is 1. The Hall–Kier alpha value is -0.800. The van der Waals surface area contributed by atoms with Gasteiger partial charge in [0.05, 0.1) is 6.54 Å². The Balaban J connectivity index is 0.00000288. The van der Waals surface area contributed by atoms with Crippen molar-refractivity contribution in [2.45, 2.75) is 32.8 Å². The molecule has 1 aromatic rings. The van der Waals surface area contributed by atoms with Crippen molar-refractivity contribution in [1.29, 1.82) is 0 Å². The second-order valence-corrected chi connectivity index (χ2v) is 6.68. The maximum Gasteiger partial charge on any atom is 0.191 e. The molecule has 1 aliphatic heterocycles. The van der Waals surface area contributed by atoms with Crippen molar-refractivity contribution in [1.82, 2.24) is 15.5 Å². The summed E-state index contributed by atoms with van der Waals surface area (Å²) in [4.78, 5) is 6.87. The number of likely N-dealkylation sites (tertiary alicyclic amines) is 1. The summed E-state index contributed by atoms with van der Waals surface area (Å²) in [5, 5.41) is 17.2. The van der Waals surface area contributed by atoms with Crippen molar-refractivity contribution in [3.63, 3.8) is 0 Å². The van der Waals surface area contributed by atoms with Crippen LogP contribution in [0, 0.1) is 12.8 Å². The molecule has 0 bridgehead atoms. The van der Waals surface area contributed by atoms with Crippen LogP contribution in [0.1, 0.15) is 31.8 Å². The van der Waals surface area contributed by atoms with Crippen molar-refractivity contribution < 1.29 is 9.52 Å². The van der Waals surface area contributed by atoms with Gasteiger partial charge in [0.15, 0.2) is 5.96 Å². The van der Waals surface area contributed by atoms with Gasteiger partial charge in [0.2, 0.25) is 0 Å². The van der Waals surface area contributed by atoms with Crippen molar-refractivity contribution in [2.75, 3.05) is 39.8 Å². The van der Waals surface area contributed by atoms with Crippen molar-refractivity contribution in [2.24, 2.45) is 10.9 Å². The molecule has 1 aliphatic rings. The van der Waals surface area contributed by atoms with Crippen LogP contribution in [0.25, 0.3) is 0 Å². The summed E-state index contributed by atoms with van der Waals surface area (Å²) >= 11 is 0. The zero-order chi connectivity index (χ0) is 16.9. The van der Waals surface area contributed by atoms with Crippen molar-refractivity contribution in [3.8, 4) is 0 Å². The van der Waals surface area contributed by atoms with Crippen LogP contribution in [-0.2, 0) is 5.60 Å². The summed E-state index contributed by atoms with van der Waals surface area (Å²) in [6.07, 6.45) is 1.21. The lowest BCUT2D eigenvalue weighted by molar-refractivity contribution is 0.0428. The lowest BCUT2D eigenvalue weighted by atomic mass is 10.0. The fourth-order valence-corrected chi connectivity index (χ4v) is 2.81. The highest BCUT2D eigenvalue weighted by Crippen LogP contribution is 2.23. The topological polar surface area (TPSA) is 73.0 Å². The third-order valence-corrected chi connectivity index (χ3v) is 4.21. The van der Waals surface area contributed by atoms with Crippen molar-refractivity contribution in [3.05, 3.63) is 23.7 Å². The van der Waals surface area contributed by atoms with E-state index in [-0.39, 0.29) is 30.5 Å². The molecule has 2 heterocycles. The first-order valence-corrected chi connectivity index (χ1v) is 8.40. The van der Waals surface area contributed by atoms with Crippen LogP contribution in [0.4, 0.5) is 0 Å². The number of nitrogens with one attached hydrogen (secondary N) is 2. The molecule has 0 aliphatic carbocycles. The Morgan fingerprint density at radius 3 is 2.75 bits per heavy atom. The number of hydrogen-bond donors (Lipinski definition) is 3. The van der Waals surface area contributed by atoms with E-state index < -0.39 is 5.60 Å². The summed E-state index contributed by atoms with van der Waals surface area (Å²) in [5.74, 6) is 2.73. The van der Waals surface area contributed by atoms with Gasteiger partial charge < -0.3 is 25.1 Å². The molecule has 6 nitrogen and oxygen atoms in total. The summed E-state index contributed by atoms with van der Waals surface area (Å²) < 4.78 is 5.53. The average molecular weight is 450 g/mol. The van der Waals surface area contributed by atoms with Gasteiger partial charge in [0.25, 0.3) is 0 Å². The second kappa shape index (κ2) is 9.62. The number of halogens is 1. The third-order valence-electron chi connectivity index (χ3n) is 4.21. The van der Waals surface area contributed by atoms with Gasteiger partial charge in [-0.15, -0.1) is 24.0 Å². The standard InChI is InChI=1S/C17H30N4O2.HI/c1-5-18-16(19-10-14-8-9-21(4)11-14)20-12-17(3,22)15-7-6-13(2)23-15;/h6-7,14,22H,5,8-12H2,1-4H3,(H2,18,19,20);1H. The minimum atomic E-state index is -1.11. The molecule has 3 N–H and O–H groups in total. The van der Waals surface area contributed by atoms with E-state index in [1.807, 2.05) is 19.9 Å². The molecule has 24 heavy (non-hydrogen) atoms. The van der Waals surface area contributed by atoms with Gasteiger partial charge >= 0.3 is 0 Å². The second-order valence-electron chi connectivity index (χ2n) is 6.68. The first kappa shape index (κ1) is 21.2. The lowest BCUT2D eigenvalue weighted by Gasteiger charge is -2.20. The number of aryl methyl sites for hydroxylation is 1. The first-order valence-electron chi connectivity index (χ1n) is 8.40. The highest BCUT2D eigenvalue weighted by molar-refractivity contribution is 14.0. The SMILES string of the molecule is CCNC(=NCC(C)(O)c1ccc(C)o1)NCC1CCN(C)C1.I. The van der Waals surface area contributed by atoms with Crippen LogP contribution < -0.4 is 10.6 Å². The number of aliphatic imine (C=N–C) groups is 1. The van der Waals surface area contributed by atoms with E-state index in [2.05, 4.69) is 27.6 Å². The molecule has 138 valence electrons. The summed E-state index contributed by atoms with van der Waals surface area (Å²) in [6.45, 7) is 9.85. The van der Waals surface area contributed by atoms with E-state index in [0.717, 1.165) is 37.9 Å². The monoisotopic (exact) mass is 450 g/mol. The van der Waals surface area contributed by atoms with Gasteiger partial charge in [0.1, 0.15) is 17.1 Å². The van der Waals surface area contributed by atoms with E-state index in [1.54, 1.807) is 13.0 Å².